The number of β-lactam (4-membered cyclic amide) rings is 1. The van der Waals surface area contributed by atoms with Gasteiger partial charge in [0.05, 0.1) is 22.3 Å². The van der Waals surface area contributed by atoms with Crippen LogP contribution in [0.1, 0.15) is 41.0 Å². The zero-order valence-electron chi connectivity index (χ0n) is 27.4. The number of esters is 1. The lowest BCUT2D eigenvalue weighted by Crippen LogP contribution is -2.72. The molecule has 0 spiro atoms. The van der Waals surface area contributed by atoms with Gasteiger partial charge in [-0.3, -0.25) is 14.5 Å². The number of rotatable bonds is 13. The van der Waals surface area contributed by atoms with Crippen LogP contribution in [-0.4, -0.2) is 120 Å². The fourth-order valence-electron chi connectivity index (χ4n) is 5.15. The van der Waals surface area contributed by atoms with E-state index in [4.69, 9.17) is 26.1 Å². The van der Waals surface area contributed by atoms with Crippen molar-refractivity contribution < 1.29 is 38.2 Å². The Bertz CT molecular complexity index is 1130. The molecule has 11 nitrogen and oxygen atoms in total. The summed E-state index contributed by atoms with van der Waals surface area (Å²) in [5.41, 5.74) is 0. The summed E-state index contributed by atoms with van der Waals surface area (Å²) < 4.78 is 17.4. The molecule has 0 aromatic rings. The molecule has 0 aliphatic carbocycles. The molecular weight excluding hydrogens is 623 g/mol. The first kappa shape index (κ1) is 37.9. The lowest BCUT2D eigenvalue weighted by atomic mass is 9.77. The molecule has 2 heterocycles. The number of carbonyl (C=O) groups excluding carboxylic acids is 4. The van der Waals surface area contributed by atoms with Gasteiger partial charge < -0.3 is 28.8 Å². The number of carbonyl (C=O) groups is 4. The summed E-state index contributed by atoms with van der Waals surface area (Å²) in [5, 5.41) is 10.6. The molecule has 0 saturated carbocycles. The van der Waals surface area contributed by atoms with Crippen LogP contribution in [0.4, 0.5) is 4.79 Å². The molecule has 0 radical (unpaired) electrons. The average molecular weight is 672 g/mol. The van der Waals surface area contributed by atoms with Gasteiger partial charge in [-0.25, -0.2) is 9.59 Å². The van der Waals surface area contributed by atoms with Crippen LogP contribution in [0.15, 0.2) is 25.3 Å². The monoisotopic (exact) mass is 671 g/mol. The number of likely N-dealkylation sites (N-methyl/N-ethyl adjacent to an activating group) is 1. The highest BCUT2D eigenvalue weighted by Gasteiger charge is 2.58. The summed E-state index contributed by atoms with van der Waals surface area (Å²) in [6.45, 7) is 21.4. The largest absolute Gasteiger partial charge is 0.458 e. The van der Waals surface area contributed by atoms with Crippen molar-refractivity contribution >= 4 is 60.4 Å². The molecule has 248 valence electrons. The molecule has 44 heavy (non-hydrogen) atoms. The van der Waals surface area contributed by atoms with E-state index in [0.29, 0.717) is 10.6 Å². The minimum absolute atomic E-state index is 0.0189. The fraction of sp³-hybridized carbons (Fsp3) is 0.700. The molecule has 0 unspecified atom stereocenters. The van der Waals surface area contributed by atoms with E-state index in [1.165, 1.54) is 33.7 Å². The van der Waals surface area contributed by atoms with Crippen molar-refractivity contribution in [1.82, 2.24) is 14.7 Å². The summed E-state index contributed by atoms with van der Waals surface area (Å²) in [6, 6.07) is -1.37. The van der Waals surface area contributed by atoms with E-state index < -0.39 is 62.5 Å². The van der Waals surface area contributed by atoms with Gasteiger partial charge in [0.2, 0.25) is 18.0 Å². The first-order valence-corrected chi connectivity index (χ1v) is 18.9. The smallest absolute Gasteiger partial charge is 0.410 e. The molecule has 1 N–H and O–H groups in total. The predicted octanol–water partition coefficient (Wildman–Crippen LogP) is 3.82. The topological polar surface area (TPSA) is 126 Å². The first-order valence-electron chi connectivity index (χ1n) is 14.7. The second-order valence-electron chi connectivity index (χ2n) is 13.0. The van der Waals surface area contributed by atoms with E-state index in [1.807, 2.05) is 13.8 Å². The van der Waals surface area contributed by atoms with Crippen LogP contribution < -0.4 is 0 Å². The van der Waals surface area contributed by atoms with Gasteiger partial charge >= 0.3 is 12.1 Å². The SMILES string of the molecule is C=CCOC(=O)[C@@H](O)N1C(=O)[C@H]([C@@H](C)O[Si](C)(C)C(C)(C)C)[C@H]1[C@@H](C)C(=S)S[C@H]1C[C@@H](C(=O)N(C)C)N(C(=O)OCC=C)C1. The maximum atomic E-state index is 13.5. The molecule has 0 bridgehead atoms. The summed E-state index contributed by atoms with van der Waals surface area (Å²) in [5.74, 6) is -2.72. The van der Waals surface area contributed by atoms with Crippen molar-refractivity contribution in [3.63, 3.8) is 0 Å². The van der Waals surface area contributed by atoms with Gasteiger partial charge in [0.1, 0.15) is 19.3 Å². The van der Waals surface area contributed by atoms with Crippen LogP contribution >= 0.6 is 24.0 Å². The number of aliphatic hydroxyl groups excluding tert-OH is 1. The molecule has 0 aromatic heterocycles. The summed E-state index contributed by atoms with van der Waals surface area (Å²) in [7, 11) is 0.983. The van der Waals surface area contributed by atoms with Crippen molar-refractivity contribution in [3.8, 4) is 0 Å². The number of amides is 3. The maximum absolute atomic E-state index is 13.5. The highest BCUT2D eigenvalue weighted by Crippen LogP contribution is 2.44. The van der Waals surface area contributed by atoms with E-state index in [9.17, 15) is 24.3 Å². The Morgan fingerprint density at radius 2 is 1.73 bits per heavy atom. The highest BCUT2D eigenvalue weighted by atomic mass is 32.2. The molecule has 2 aliphatic heterocycles. The van der Waals surface area contributed by atoms with E-state index in [-0.39, 0.29) is 36.0 Å². The summed E-state index contributed by atoms with van der Waals surface area (Å²) >= 11 is 7.23. The second-order valence-corrected chi connectivity index (χ2v) is 19.8. The number of ether oxygens (including phenoxy) is 2. The molecular formula is C30H49N3O8S2Si. The van der Waals surface area contributed by atoms with Crippen LogP contribution in [0.5, 0.6) is 0 Å². The number of thioether (sulfide) groups is 1. The molecule has 3 amide bonds. The molecule has 2 fully saturated rings. The molecule has 2 rings (SSSR count). The van der Waals surface area contributed by atoms with Gasteiger partial charge in [-0.2, -0.15) is 0 Å². The van der Waals surface area contributed by atoms with Crippen LogP contribution in [0.3, 0.4) is 0 Å². The Morgan fingerprint density at radius 3 is 2.25 bits per heavy atom. The van der Waals surface area contributed by atoms with E-state index in [1.54, 1.807) is 14.1 Å². The predicted molar refractivity (Wildman–Crippen MR) is 178 cm³/mol. The van der Waals surface area contributed by atoms with Crippen LogP contribution in [0.2, 0.25) is 18.1 Å². The Morgan fingerprint density at radius 1 is 1.16 bits per heavy atom. The van der Waals surface area contributed by atoms with Gasteiger partial charge in [-0.05, 0) is 31.5 Å². The Labute approximate surface area is 272 Å². The lowest BCUT2D eigenvalue weighted by molar-refractivity contribution is -0.198. The molecule has 0 aromatic carbocycles. The van der Waals surface area contributed by atoms with Gasteiger partial charge in [-0.15, -0.1) is 11.8 Å². The number of likely N-dealkylation sites (tertiary alicyclic amines) is 2. The lowest BCUT2D eigenvalue weighted by Gasteiger charge is -2.54. The Balaban J connectivity index is 2.32. The standard InChI is InChI=1S/C30H49N3O8S2Si/c1-12-14-39-27(37)26(36)33-23(22(25(33)35)19(4)41-44(10,11)30(5,6)7)18(3)28(42)43-20-16-21(24(34)31(8)9)32(17-20)29(38)40-15-13-2/h12-13,18-23,26,36H,1-2,14-17H2,3-11H3/t18-,19-,20+,21+,22-,23-,26-/m1/s1. The normalized spacial score (nSPS) is 24.1. The third-order valence-corrected chi connectivity index (χ3v) is 15.1. The van der Waals surface area contributed by atoms with Crippen LogP contribution in [0, 0.1) is 11.8 Å². The number of nitrogens with zero attached hydrogens (tertiary/aromatic N) is 3. The van der Waals surface area contributed by atoms with Crippen molar-refractivity contribution in [2.75, 3.05) is 33.9 Å². The molecule has 2 aliphatic rings. The van der Waals surface area contributed by atoms with Gasteiger partial charge in [-0.1, -0.05) is 65.2 Å². The highest BCUT2D eigenvalue weighted by molar-refractivity contribution is 8.23. The first-order chi connectivity index (χ1) is 20.3. The number of hydrogen-bond donors (Lipinski definition) is 1. The van der Waals surface area contributed by atoms with Crippen molar-refractivity contribution in [1.29, 1.82) is 0 Å². The van der Waals surface area contributed by atoms with Crippen molar-refractivity contribution in [3.05, 3.63) is 25.3 Å². The number of hydrogen-bond acceptors (Lipinski definition) is 10. The van der Waals surface area contributed by atoms with E-state index >= 15 is 0 Å². The zero-order chi connectivity index (χ0) is 33.7. The van der Waals surface area contributed by atoms with Gasteiger partial charge in [0, 0.05) is 31.8 Å². The van der Waals surface area contributed by atoms with Crippen molar-refractivity contribution in [2.45, 2.75) is 88.8 Å². The van der Waals surface area contributed by atoms with E-state index in [0.717, 1.165) is 4.90 Å². The molecule has 7 atom stereocenters. The van der Waals surface area contributed by atoms with Crippen LogP contribution in [-0.2, 0) is 28.3 Å². The minimum Gasteiger partial charge on any atom is -0.458 e. The third kappa shape index (κ3) is 8.50. The van der Waals surface area contributed by atoms with Crippen molar-refractivity contribution in [2.24, 2.45) is 11.8 Å². The van der Waals surface area contributed by atoms with Gasteiger partial charge in [0.25, 0.3) is 0 Å². The fourth-order valence-corrected chi connectivity index (χ4v) is 8.33. The average Bonchev–Trinajstić information content (AvgIpc) is 3.34. The minimum atomic E-state index is -2.27. The van der Waals surface area contributed by atoms with E-state index in [2.05, 4.69) is 47.0 Å². The second kappa shape index (κ2) is 15.3. The molecule has 14 heteroatoms. The zero-order valence-corrected chi connectivity index (χ0v) is 30.0. The Hall–Kier alpha value is -2.26. The summed E-state index contributed by atoms with van der Waals surface area (Å²) in [4.78, 5) is 55.8. The Kier molecular flexibility index (Phi) is 13.2. The van der Waals surface area contributed by atoms with Crippen LogP contribution in [0.25, 0.3) is 0 Å². The van der Waals surface area contributed by atoms with Gasteiger partial charge in [0.15, 0.2) is 8.32 Å². The number of aliphatic hydroxyl groups is 1. The third-order valence-electron chi connectivity index (χ3n) is 8.55. The maximum Gasteiger partial charge on any atom is 0.410 e. The quantitative estimate of drug-likeness (QED) is 0.102. The number of thiocarbonyl (C=S) groups is 1. The molecule has 2 saturated heterocycles. The summed E-state index contributed by atoms with van der Waals surface area (Å²) in [6.07, 6.45) is 0.261.